The molecule has 0 fully saturated rings. The quantitative estimate of drug-likeness (QED) is 0.773. The molecular formula is C14H11BrCl2N2O. The fourth-order valence-corrected chi connectivity index (χ4v) is 2.51. The summed E-state index contributed by atoms with van der Waals surface area (Å²) in [4.78, 5) is 11.8. The van der Waals surface area contributed by atoms with E-state index in [-0.39, 0.29) is 6.03 Å². The van der Waals surface area contributed by atoms with Gasteiger partial charge in [0.25, 0.3) is 0 Å². The molecule has 0 aromatic heterocycles. The average molecular weight is 374 g/mol. The van der Waals surface area contributed by atoms with E-state index in [4.69, 9.17) is 23.2 Å². The molecule has 0 aliphatic heterocycles. The summed E-state index contributed by atoms with van der Waals surface area (Å²) in [6.07, 6.45) is 0. The van der Waals surface area contributed by atoms with Gasteiger partial charge >= 0.3 is 6.03 Å². The first-order valence-electron chi connectivity index (χ1n) is 5.80. The second-order valence-electron chi connectivity index (χ2n) is 4.00. The number of benzene rings is 2. The molecule has 3 nitrogen and oxygen atoms in total. The molecule has 2 N–H and O–H groups in total. The van der Waals surface area contributed by atoms with Gasteiger partial charge in [0.15, 0.2) is 0 Å². The van der Waals surface area contributed by atoms with Crippen LogP contribution in [0.4, 0.5) is 10.5 Å². The third-order valence-electron chi connectivity index (χ3n) is 2.60. The molecule has 104 valence electrons. The number of carbonyl (C=O) groups is 1. The Morgan fingerprint density at radius 2 is 1.70 bits per heavy atom. The van der Waals surface area contributed by atoms with Crippen molar-refractivity contribution in [3.05, 3.63) is 62.5 Å². The van der Waals surface area contributed by atoms with Gasteiger partial charge in [0.05, 0.1) is 15.7 Å². The fraction of sp³-hybridized carbons (Fsp3) is 0.0714. The molecule has 0 atom stereocenters. The third-order valence-corrected chi connectivity index (χ3v) is 4.00. The third kappa shape index (κ3) is 3.88. The lowest BCUT2D eigenvalue weighted by Crippen LogP contribution is -2.28. The molecule has 0 saturated heterocycles. The smallest absolute Gasteiger partial charge is 0.319 e. The number of nitrogens with one attached hydrogen (secondary N) is 2. The highest BCUT2D eigenvalue weighted by Gasteiger charge is 2.09. The van der Waals surface area contributed by atoms with Gasteiger partial charge in [0.2, 0.25) is 0 Å². The lowest BCUT2D eigenvalue weighted by Gasteiger charge is -2.11. The zero-order valence-electron chi connectivity index (χ0n) is 10.3. The Hall–Kier alpha value is -1.23. The zero-order valence-corrected chi connectivity index (χ0v) is 13.4. The van der Waals surface area contributed by atoms with Gasteiger partial charge in [-0.2, -0.15) is 0 Å². The first kappa shape index (κ1) is 15.2. The van der Waals surface area contributed by atoms with Crippen molar-refractivity contribution in [1.29, 1.82) is 0 Å². The molecule has 0 radical (unpaired) electrons. The number of carbonyl (C=O) groups excluding carboxylic acids is 1. The molecule has 0 heterocycles. The van der Waals surface area contributed by atoms with Crippen LogP contribution in [-0.4, -0.2) is 6.03 Å². The second kappa shape index (κ2) is 6.97. The van der Waals surface area contributed by atoms with Crippen molar-refractivity contribution in [2.24, 2.45) is 0 Å². The largest absolute Gasteiger partial charge is 0.334 e. The molecule has 0 unspecified atom stereocenters. The van der Waals surface area contributed by atoms with Crippen molar-refractivity contribution < 1.29 is 4.79 Å². The Labute approximate surface area is 135 Å². The van der Waals surface area contributed by atoms with E-state index in [2.05, 4.69) is 26.6 Å². The van der Waals surface area contributed by atoms with E-state index in [0.29, 0.717) is 22.3 Å². The van der Waals surface area contributed by atoms with E-state index >= 15 is 0 Å². The number of rotatable bonds is 3. The molecule has 20 heavy (non-hydrogen) atoms. The highest BCUT2D eigenvalue weighted by Crippen LogP contribution is 2.29. The summed E-state index contributed by atoms with van der Waals surface area (Å²) in [7, 11) is 0. The average Bonchev–Trinajstić information content (AvgIpc) is 2.42. The lowest BCUT2D eigenvalue weighted by molar-refractivity contribution is 0.251. The molecule has 2 amide bonds. The molecule has 0 spiro atoms. The van der Waals surface area contributed by atoms with E-state index in [9.17, 15) is 4.79 Å². The van der Waals surface area contributed by atoms with Crippen molar-refractivity contribution in [1.82, 2.24) is 5.32 Å². The number of para-hydroxylation sites is 1. The Kier molecular flexibility index (Phi) is 5.29. The Balaban J connectivity index is 1.98. The maximum atomic E-state index is 11.8. The molecular weight excluding hydrogens is 363 g/mol. The van der Waals surface area contributed by atoms with Gasteiger partial charge in [0.1, 0.15) is 0 Å². The monoisotopic (exact) mass is 372 g/mol. The number of halogens is 3. The van der Waals surface area contributed by atoms with E-state index < -0.39 is 0 Å². The van der Waals surface area contributed by atoms with Crippen LogP contribution in [0, 0.1) is 0 Å². The molecule has 2 aromatic carbocycles. The van der Waals surface area contributed by atoms with E-state index in [1.807, 2.05) is 24.3 Å². The topological polar surface area (TPSA) is 41.1 Å². The maximum Gasteiger partial charge on any atom is 0.319 e. The van der Waals surface area contributed by atoms with Crippen molar-refractivity contribution in [3.63, 3.8) is 0 Å². The van der Waals surface area contributed by atoms with Crippen LogP contribution in [0.1, 0.15) is 5.56 Å². The van der Waals surface area contributed by atoms with Crippen molar-refractivity contribution in [2.45, 2.75) is 6.54 Å². The van der Waals surface area contributed by atoms with Gasteiger partial charge in [0, 0.05) is 11.0 Å². The van der Waals surface area contributed by atoms with Crippen LogP contribution in [0.3, 0.4) is 0 Å². The number of anilines is 1. The molecule has 0 aliphatic rings. The van der Waals surface area contributed by atoms with Crippen LogP contribution in [0.2, 0.25) is 10.0 Å². The van der Waals surface area contributed by atoms with Crippen molar-refractivity contribution in [2.75, 3.05) is 5.32 Å². The SMILES string of the molecule is O=C(NCc1ccccc1Br)Nc1c(Cl)cccc1Cl. The zero-order chi connectivity index (χ0) is 14.5. The fourth-order valence-electron chi connectivity index (χ4n) is 1.59. The number of urea groups is 1. The summed E-state index contributed by atoms with van der Waals surface area (Å²) in [5.74, 6) is 0. The Morgan fingerprint density at radius 3 is 2.35 bits per heavy atom. The normalized spacial score (nSPS) is 10.2. The Bertz CT molecular complexity index is 614. The standard InChI is InChI=1S/C14H11BrCl2N2O/c15-10-5-2-1-4-9(10)8-18-14(20)19-13-11(16)6-3-7-12(13)17/h1-7H,8H2,(H2,18,19,20). The van der Waals surface area contributed by atoms with Crippen LogP contribution >= 0.6 is 39.1 Å². The predicted molar refractivity (Wildman–Crippen MR) is 86.5 cm³/mol. The van der Waals surface area contributed by atoms with Crippen LogP contribution in [0.25, 0.3) is 0 Å². The summed E-state index contributed by atoms with van der Waals surface area (Å²) in [6, 6.07) is 12.3. The minimum absolute atomic E-state index is 0.365. The molecule has 2 rings (SSSR count). The summed E-state index contributed by atoms with van der Waals surface area (Å²) >= 11 is 15.4. The molecule has 6 heteroatoms. The molecule has 0 aliphatic carbocycles. The van der Waals surface area contributed by atoms with Crippen molar-refractivity contribution in [3.8, 4) is 0 Å². The highest BCUT2D eigenvalue weighted by molar-refractivity contribution is 9.10. The van der Waals surface area contributed by atoms with Crippen LogP contribution in [0.15, 0.2) is 46.9 Å². The van der Waals surface area contributed by atoms with Crippen LogP contribution in [0.5, 0.6) is 0 Å². The molecule has 0 saturated carbocycles. The number of hydrogen-bond acceptors (Lipinski definition) is 1. The van der Waals surface area contributed by atoms with Gasteiger partial charge in [-0.3, -0.25) is 0 Å². The van der Waals surface area contributed by atoms with Gasteiger partial charge in [-0.1, -0.05) is 63.4 Å². The summed E-state index contributed by atoms with van der Waals surface area (Å²) in [6.45, 7) is 0.398. The van der Waals surface area contributed by atoms with Gasteiger partial charge < -0.3 is 10.6 Å². The van der Waals surface area contributed by atoms with Gasteiger partial charge in [-0.25, -0.2) is 4.79 Å². The summed E-state index contributed by atoms with van der Waals surface area (Å²) in [5, 5.41) is 6.18. The first-order chi connectivity index (χ1) is 9.58. The highest BCUT2D eigenvalue weighted by atomic mass is 79.9. The minimum atomic E-state index is -0.365. The van der Waals surface area contributed by atoms with Crippen molar-refractivity contribution >= 4 is 50.9 Å². The number of amides is 2. The molecule has 2 aromatic rings. The summed E-state index contributed by atoms with van der Waals surface area (Å²) in [5.41, 5.74) is 1.38. The second-order valence-corrected chi connectivity index (χ2v) is 5.66. The van der Waals surface area contributed by atoms with Crippen LogP contribution in [-0.2, 0) is 6.54 Å². The van der Waals surface area contributed by atoms with E-state index in [0.717, 1.165) is 10.0 Å². The first-order valence-corrected chi connectivity index (χ1v) is 7.35. The Morgan fingerprint density at radius 1 is 1.05 bits per heavy atom. The minimum Gasteiger partial charge on any atom is -0.334 e. The van der Waals surface area contributed by atoms with Crippen LogP contribution < -0.4 is 10.6 Å². The predicted octanol–water partition coefficient (Wildman–Crippen LogP) is 5.08. The van der Waals surface area contributed by atoms with E-state index in [1.165, 1.54) is 0 Å². The number of hydrogen-bond donors (Lipinski definition) is 2. The lowest BCUT2D eigenvalue weighted by atomic mass is 10.2. The van der Waals surface area contributed by atoms with E-state index in [1.54, 1.807) is 18.2 Å². The molecule has 0 bridgehead atoms. The van der Waals surface area contributed by atoms with Gasteiger partial charge in [-0.05, 0) is 23.8 Å². The maximum absolute atomic E-state index is 11.8. The van der Waals surface area contributed by atoms with Gasteiger partial charge in [-0.15, -0.1) is 0 Å². The summed E-state index contributed by atoms with van der Waals surface area (Å²) < 4.78 is 0.941.